The quantitative estimate of drug-likeness (QED) is 0.205. The molecule has 0 spiro atoms. The molecule has 218 valence electrons. The second-order valence-electron chi connectivity index (χ2n) is 10.1. The molecular weight excluding hydrogens is 536 g/mol. The number of hydrogen-bond acceptors (Lipinski definition) is 8. The summed E-state index contributed by atoms with van der Waals surface area (Å²) in [6.07, 6.45) is 3.13. The van der Waals surface area contributed by atoms with Gasteiger partial charge in [0, 0.05) is 23.3 Å². The highest BCUT2D eigenvalue weighted by molar-refractivity contribution is 5.79. The van der Waals surface area contributed by atoms with Gasteiger partial charge in [0.2, 0.25) is 13.6 Å². The van der Waals surface area contributed by atoms with Crippen molar-refractivity contribution in [3.8, 4) is 57.1 Å². The van der Waals surface area contributed by atoms with Crippen molar-refractivity contribution in [3.63, 3.8) is 0 Å². The van der Waals surface area contributed by atoms with Crippen LogP contribution in [0.15, 0.2) is 60.7 Å². The van der Waals surface area contributed by atoms with E-state index in [1.165, 1.54) is 0 Å². The number of hydrogen-bond donors (Lipinski definition) is 0. The molecule has 42 heavy (non-hydrogen) atoms. The van der Waals surface area contributed by atoms with Gasteiger partial charge in [0.25, 0.3) is 0 Å². The van der Waals surface area contributed by atoms with Crippen LogP contribution in [0.3, 0.4) is 0 Å². The molecule has 2 heterocycles. The number of aryl methyl sites for hydroxylation is 4. The van der Waals surface area contributed by atoms with Crippen LogP contribution >= 0.6 is 0 Å². The van der Waals surface area contributed by atoms with Gasteiger partial charge in [-0.2, -0.15) is 0 Å². The molecule has 0 aliphatic carbocycles. The fourth-order valence-electron chi connectivity index (χ4n) is 5.49. The van der Waals surface area contributed by atoms with Crippen LogP contribution in [0.1, 0.15) is 22.3 Å². The van der Waals surface area contributed by atoms with E-state index in [-0.39, 0.29) is 13.6 Å². The van der Waals surface area contributed by atoms with Gasteiger partial charge in [-0.3, -0.25) is 0 Å². The van der Waals surface area contributed by atoms with E-state index in [2.05, 4.69) is 24.3 Å². The summed E-state index contributed by atoms with van der Waals surface area (Å²) in [5.41, 5.74) is 6.28. The summed E-state index contributed by atoms with van der Waals surface area (Å²) in [5, 5.41) is 0. The van der Waals surface area contributed by atoms with Gasteiger partial charge in [-0.1, -0.05) is 12.1 Å². The first kappa shape index (κ1) is 27.4. The smallest absolute Gasteiger partial charge is 0.231 e. The van der Waals surface area contributed by atoms with E-state index >= 15 is 0 Å². The minimum atomic E-state index is 0.261. The summed E-state index contributed by atoms with van der Waals surface area (Å²) in [6.45, 7) is 0.521. The van der Waals surface area contributed by atoms with Crippen molar-refractivity contribution in [2.75, 3.05) is 42.0 Å². The average Bonchev–Trinajstić information content (AvgIpc) is 3.71. The Morgan fingerprint density at radius 1 is 0.452 bits per heavy atom. The van der Waals surface area contributed by atoms with Gasteiger partial charge in [0.1, 0.15) is 23.0 Å². The molecule has 0 N–H and O–H groups in total. The summed E-state index contributed by atoms with van der Waals surface area (Å²) in [5.74, 6) is 6.07. The van der Waals surface area contributed by atoms with Gasteiger partial charge < -0.3 is 37.9 Å². The lowest BCUT2D eigenvalue weighted by Gasteiger charge is -2.19. The third kappa shape index (κ3) is 5.44. The minimum absolute atomic E-state index is 0.261. The van der Waals surface area contributed by atoms with Gasteiger partial charge in [-0.25, -0.2) is 0 Å². The van der Waals surface area contributed by atoms with E-state index in [0.717, 1.165) is 93.6 Å². The molecule has 4 aromatic rings. The van der Waals surface area contributed by atoms with E-state index < -0.39 is 0 Å². The average molecular weight is 571 g/mol. The van der Waals surface area contributed by atoms with Gasteiger partial charge >= 0.3 is 0 Å². The van der Waals surface area contributed by atoms with Gasteiger partial charge in [0.15, 0.2) is 23.0 Å². The molecule has 4 aromatic carbocycles. The molecule has 0 saturated heterocycles. The summed E-state index contributed by atoms with van der Waals surface area (Å²) >= 11 is 0. The lowest BCUT2D eigenvalue weighted by atomic mass is 9.94. The minimum Gasteiger partial charge on any atom is -0.496 e. The van der Waals surface area contributed by atoms with Crippen molar-refractivity contribution < 1.29 is 37.9 Å². The molecule has 2 aliphatic heterocycles. The van der Waals surface area contributed by atoms with Gasteiger partial charge in [-0.05, 0) is 84.3 Å². The molecule has 8 nitrogen and oxygen atoms in total. The monoisotopic (exact) mass is 570 g/mol. The zero-order chi connectivity index (χ0) is 29.1. The normalized spacial score (nSPS) is 12.8. The molecule has 0 aromatic heterocycles. The van der Waals surface area contributed by atoms with Crippen LogP contribution in [0, 0.1) is 0 Å². The Labute approximate surface area is 245 Å². The fourth-order valence-corrected chi connectivity index (χ4v) is 5.49. The summed E-state index contributed by atoms with van der Waals surface area (Å²) in [4.78, 5) is 0. The lowest BCUT2D eigenvalue weighted by Crippen LogP contribution is -2.02. The molecule has 0 atom stereocenters. The first-order valence-electron chi connectivity index (χ1n) is 13.9. The van der Waals surface area contributed by atoms with E-state index in [1.807, 2.05) is 36.4 Å². The molecule has 0 fully saturated rings. The maximum absolute atomic E-state index is 5.86. The topological polar surface area (TPSA) is 73.8 Å². The fraction of sp³-hybridized carbons (Fsp3) is 0.294. The Kier molecular flexibility index (Phi) is 7.86. The lowest BCUT2D eigenvalue weighted by molar-refractivity contribution is 0.173. The van der Waals surface area contributed by atoms with Crippen LogP contribution in [0.25, 0.3) is 11.1 Å². The number of fused-ring (bicyclic) bond motifs is 2. The highest BCUT2D eigenvalue weighted by Gasteiger charge is 2.20. The highest BCUT2D eigenvalue weighted by Crippen LogP contribution is 2.44. The first-order valence-corrected chi connectivity index (χ1v) is 13.9. The molecule has 0 unspecified atom stereocenters. The van der Waals surface area contributed by atoms with Crippen LogP contribution < -0.4 is 37.9 Å². The van der Waals surface area contributed by atoms with Crippen molar-refractivity contribution in [1.29, 1.82) is 0 Å². The molecule has 8 heteroatoms. The van der Waals surface area contributed by atoms with Crippen LogP contribution in [0.5, 0.6) is 46.0 Å². The predicted octanol–water partition coefficient (Wildman–Crippen LogP) is 6.42. The third-order valence-corrected chi connectivity index (χ3v) is 7.74. The highest BCUT2D eigenvalue weighted by atomic mass is 16.7. The van der Waals surface area contributed by atoms with Crippen LogP contribution in [0.2, 0.25) is 0 Å². The zero-order valence-corrected chi connectivity index (χ0v) is 24.3. The number of benzene rings is 4. The van der Waals surface area contributed by atoms with Crippen LogP contribution in [0.4, 0.5) is 0 Å². The second-order valence-corrected chi connectivity index (χ2v) is 10.1. The van der Waals surface area contributed by atoms with Crippen molar-refractivity contribution in [2.45, 2.75) is 25.7 Å². The van der Waals surface area contributed by atoms with Crippen molar-refractivity contribution in [1.82, 2.24) is 0 Å². The third-order valence-electron chi connectivity index (χ3n) is 7.74. The van der Waals surface area contributed by atoms with Crippen LogP contribution in [-0.2, 0) is 25.7 Å². The summed E-state index contributed by atoms with van der Waals surface area (Å²) in [7, 11) is 6.70. The number of rotatable bonds is 11. The summed E-state index contributed by atoms with van der Waals surface area (Å²) in [6, 6.07) is 20.3. The van der Waals surface area contributed by atoms with E-state index in [9.17, 15) is 0 Å². The summed E-state index contributed by atoms with van der Waals surface area (Å²) < 4.78 is 45.3. The standard InChI is InChI=1S/C34H34O8/c1-35-29-17-31(37-3)25(15-23(29)9-5-21-7-11-27-33(13-21)41-19-39-27)26-16-24(30(36-2)18-32(26)38-4)10-6-22-8-12-28-34(14-22)42-20-40-28/h7-8,11-18H,5-6,9-10,19-20H2,1-4H3. The maximum atomic E-state index is 5.86. The van der Waals surface area contributed by atoms with E-state index in [1.54, 1.807) is 28.4 Å². The zero-order valence-electron chi connectivity index (χ0n) is 24.3. The van der Waals surface area contributed by atoms with E-state index in [4.69, 9.17) is 37.9 Å². The Balaban J connectivity index is 1.32. The molecule has 0 bridgehead atoms. The number of ether oxygens (including phenoxy) is 8. The van der Waals surface area contributed by atoms with Gasteiger partial charge in [-0.15, -0.1) is 0 Å². The Morgan fingerprint density at radius 3 is 1.26 bits per heavy atom. The Bertz CT molecular complexity index is 1480. The van der Waals surface area contributed by atoms with Crippen molar-refractivity contribution in [3.05, 3.63) is 82.9 Å². The maximum Gasteiger partial charge on any atom is 0.231 e. The van der Waals surface area contributed by atoms with Crippen LogP contribution in [-0.4, -0.2) is 42.0 Å². The Morgan fingerprint density at radius 2 is 0.857 bits per heavy atom. The van der Waals surface area contributed by atoms with Crippen molar-refractivity contribution in [2.24, 2.45) is 0 Å². The molecule has 0 radical (unpaired) electrons. The van der Waals surface area contributed by atoms with Crippen molar-refractivity contribution >= 4 is 0 Å². The predicted molar refractivity (Wildman–Crippen MR) is 158 cm³/mol. The SMILES string of the molecule is COc1cc(OC)c(-c2cc(CCc3ccc4c(c3)OCO4)c(OC)cc2OC)cc1CCc1ccc2c(c1)OCO2. The van der Waals surface area contributed by atoms with Gasteiger partial charge in [0.05, 0.1) is 28.4 Å². The molecule has 2 aliphatic rings. The first-order chi connectivity index (χ1) is 20.6. The molecule has 6 rings (SSSR count). The molecule has 0 saturated carbocycles. The number of methoxy groups -OCH3 is 4. The molecular formula is C34H34O8. The second kappa shape index (κ2) is 12.0. The largest absolute Gasteiger partial charge is 0.496 e. The Hall–Kier alpha value is -4.72. The molecule has 0 amide bonds. The van der Waals surface area contributed by atoms with E-state index in [0.29, 0.717) is 11.5 Å².